The average molecular weight is 254 g/mol. The molecule has 92 valence electrons. The van der Waals surface area contributed by atoms with Gasteiger partial charge in [-0.25, -0.2) is 4.98 Å². The van der Waals surface area contributed by atoms with E-state index in [1.165, 1.54) is 0 Å². The first-order chi connectivity index (χ1) is 8.17. The molecule has 0 bridgehead atoms. The summed E-state index contributed by atoms with van der Waals surface area (Å²) in [7, 11) is 0. The van der Waals surface area contributed by atoms with Crippen molar-refractivity contribution in [3.63, 3.8) is 0 Å². The predicted octanol–water partition coefficient (Wildman–Crippen LogP) is 2.09. The molecule has 1 heterocycles. The van der Waals surface area contributed by atoms with Gasteiger partial charge in [0.05, 0.1) is 11.0 Å². The third-order valence-corrected chi connectivity index (χ3v) is 3.03. The Hall–Kier alpha value is -1.10. The molecule has 1 atom stereocenters. The molecule has 0 saturated heterocycles. The summed E-state index contributed by atoms with van der Waals surface area (Å²) in [6, 6.07) is 5.53. The zero-order valence-electron chi connectivity index (χ0n) is 9.73. The topological polar surface area (TPSA) is 64.1 Å². The molecule has 0 amide bonds. The highest BCUT2D eigenvalue weighted by Gasteiger charge is 2.16. The lowest BCUT2D eigenvalue weighted by molar-refractivity contribution is 0.156. The smallest absolute Gasteiger partial charge is 0.138 e. The minimum absolute atomic E-state index is 0.439. The Balaban J connectivity index is 2.55. The number of rotatable bonds is 4. The highest BCUT2D eigenvalue weighted by Crippen LogP contribution is 2.24. The second-order valence-corrected chi connectivity index (χ2v) is 4.38. The van der Waals surface area contributed by atoms with Crippen molar-refractivity contribution in [1.82, 2.24) is 9.55 Å². The summed E-state index contributed by atoms with van der Waals surface area (Å²) >= 11 is 5.97. The van der Waals surface area contributed by atoms with E-state index in [1.54, 1.807) is 6.07 Å². The van der Waals surface area contributed by atoms with Crippen molar-refractivity contribution < 1.29 is 5.11 Å². The summed E-state index contributed by atoms with van der Waals surface area (Å²) in [6.07, 6.45) is -0.108. The molecule has 2 aromatic rings. The van der Waals surface area contributed by atoms with Crippen molar-refractivity contribution in [3.05, 3.63) is 29.0 Å². The van der Waals surface area contributed by atoms with Crippen LogP contribution in [0.25, 0.3) is 11.0 Å². The fourth-order valence-electron chi connectivity index (χ4n) is 1.99. The summed E-state index contributed by atoms with van der Waals surface area (Å²) in [5.74, 6) is 0.662. The molecule has 0 aliphatic rings. The maximum atomic E-state index is 10.0. The highest BCUT2D eigenvalue weighted by molar-refractivity contribution is 6.31. The van der Waals surface area contributed by atoms with Gasteiger partial charge in [-0.05, 0) is 38.1 Å². The largest absolute Gasteiger partial charge is 0.385 e. The first-order valence-corrected chi connectivity index (χ1v) is 6.09. The summed E-state index contributed by atoms with van der Waals surface area (Å²) in [5.41, 5.74) is 7.26. The van der Waals surface area contributed by atoms with Crippen molar-refractivity contribution in [2.45, 2.75) is 26.0 Å². The van der Waals surface area contributed by atoms with Crippen molar-refractivity contribution in [2.24, 2.45) is 5.73 Å². The second-order valence-electron chi connectivity index (χ2n) is 3.94. The van der Waals surface area contributed by atoms with Crippen molar-refractivity contribution in [1.29, 1.82) is 0 Å². The van der Waals surface area contributed by atoms with E-state index in [0.717, 1.165) is 17.6 Å². The molecule has 1 aromatic heterocycles. The number of aromatic nitrogens is 2. The van der Waals surface area contributed by atoms with E-state index in [4.69, 9.17) is 17.3 Å². The van der Waals surface area contributed by atoms with E-state index in [-0.39, 0.29) is 0 Å². The summed E-state index contributed by atoms with van der Waals surface area (Å²) < 4.78 is 1.97. The van der Waals surface area contributed by atoms with E-state index < -0.39 is 6.10 Å². The molecule has 1 unspecified atom stereocenters. The van der Waals surface area contributed by atoms with Gasteiger partial charge < -0.3 is 15.4 Å². The second kappa shape index (κ2) is 5.04. The third-order valence-electron chi connectivity index (χ3n) is 2.79. The number of aliphatic hydroxyl groups excluding tert-OH is 1. The molecule has 0 radical (unpaired) electrons. The van der Waals surface area contributed by atoms with Crippen LogP contribution in [-0.2, 0) is 6.54 Å². The van der Waals surface area contributed by atoms with Gasteiger partial charge in [-0.15, -0.1) is 0 Å². The molecule has 17 heavy (non-hydrogen) atoms. The molecule has 0 aliphatic heterocycles. The number of hydrogen-bond donors (Lipinski definition) is 2. The number of fused-ring (bicyclic) bond motifs is 1. The van der Waals surface area contributed by atoms with Gasteiger partial charge in [-0.2, -0.15) is 0 Å². The molecule has 0 spiro atoms. The van der Waals surface area contributed by atoms with E-state index in [2.05, 4.69) is 4.98 Å². The third kappa shape index (κ3) is 2.29. The van der Waals surface area contributed by atoms with Crippen LogP contribution in [0.1, 0.15) is 25.3 Å². The first-order valence-electron chi connectivity index (χ1n) is 5.71. The average Bonchev–Trinajstić information content (AvgIpc) is 2.67. The van der Waals surface area contributed by atoms with Crippen LogP contribution >= 0.6 is 11.6 Å². The Bertz CT molecular complexity index is 524. The molecule has 0 saturated carbocycles. The Kier molecular flexibility index (Phi) is 3.66. The lowest BCUT2D eigenvalue weighted by Crippen LogP contribution is -2.12. The lowest BCUT2D eigenvalue weighted by Gasteiger charge is -2.11. The Morgan fingerprint density at radius 1 is 1.53 bits per heavy atom. The van der Waals surface area contributed by atoms with Gasteiger partial charge in [0.1, 0.15) is 11.9 Å². The van der Waals surface area contributed by atoms with Gasteiger partial charge in [-0.1, -0.05) is 11.6 Å². The van der Waals surface area contributed by atoms with Gasteiger partial charge in [0, 0.05) is 11.6 Å². The number of aryl methyl sites for hydroxylation is 1. The van der Waals surface area contributed by atoms with Crippen molar-refractivity contribution >= 4 is 22.6 Å². The summed E-state index contributed by atoms with van der Waals surface area (Å²) in [4.78, 5) is 4.44. The zero-order valence-corrected chi connectivity index (χ0v) is 10.5. The standard InChI is InChI=1S/C12H16ClN3O/c1-2-16-10-7-8(13)3-4-9(10)15-12(16)11(17)5-6-14/h3-4,7,11,17H,2,5-6,14H2,1H3. The van der Waals surface area contributed by atoms with Crippen LogP contribution < -0.4 is 5.73 Å². The molecule has 3 N–H and O–H groups in total. The van der Waals surface area contributed by atoms with Gasteiger partial charge in [0.15, 0.2) is 0 Å². The highest BCUT2D eigenvalue weighted by atomic mass is 35.5. The van der Waals surface area contributed by atoms with Crippen LogP contribution in [0.5, 0.6) is 0 Å². The number of halogens is 1. The molecule has 2 rings (SSSR count). The first kappa shape index (κ1) is 12.4. The minimum atomic E-state index is -0.619. The van der Waals surface area contributed by atoms with E-state index >= 15 is 0 Å². The van der Waals surface area contributed by atoms with Crippen LogP contribution in [0.3, 0.4) is 0 Å². The van der Waals surface area contributed by atoms with E-state index in [1.807, 2.05) is 23.6 Å². The number of aliphatic hydroxyl groups is 1. The van der Waals surface area contributed by atoms with E-state index in [9.17, 15) is 5.11 Å². The molecule has 0 aliphatic carbocycles. The fourth-order valence-corrected chi connectivity index (χ4v) is 2.15. The van der Waals surface area contributed by atoms with Crippen LogP contribution in [-0.4, -0.2) is 21.2 Å². The lowest BCUT2D eigenvalue weighted by atomic mass is 10.2. The van der Waals surface area contributed by atoms with Crippen LogP contribution in [0, 0.1) is 0 Å². The fraction of sp³-hybridized carbons (Fsp3) is 0.417. The summed E-state index contributed by atoms with van der Waals surface area (Å²) in [6.45, 7) is 3.20. The minimum Gasteiger partial charge on any atom is -0.385 e. The maximum Gasteiger partial charge on any atom is 0.138 e. The van der Waals surface area contributed by atoms with E-state index in [0.29, 0.717) is 23.8 Å². The Morgan fingerprint density at radius 2 is 2.29 bits per heavy atom. The quantitative estimate of drug-likeness (QED) is 0.877. The normalized spacial score (nSPS) is 13.2. The number of nitrogens with zero attached hydrogens (tertiary/aromatic N) is 2. The zero-order chi connectivity index (χ0) is 12.4. The van der Waals surface area contributed by atoms with Crippen molar-refractivity contribution in [3.8, 4) is 0 Å². The van der Waals surface area contributed by atoms with Crippen LogP contribution in [0.2, 0.25) is 5.02 Å². The number of hydrogen-bond acceptors (Lipinski definition) is 3. The molecule has 0 fully saturated rings. The number of benzene rings is 1. The number of imidazole rings is 1. The van der Waals surface area contributed by atoms with Gasteiger partial charge >= 0.3 is 0 Å². The Morgan fingerprint density at radius 3 is 2.94 bits per heavy atom. The van der Waals surface area contributed by atoms with Gasteiger partial charge in [0.2, 0.25) is 0 Å². The monoisotopic (exact) mass is 253 g/mol. The van der Waals surface area contributed by atoms with Gasteiger partial charge in [-0.3, -0.25) is 0 Å². The SMILES string of the molecule is CCn1c(C(O)CCN)nc2ccc(Cl)cc21. The maximum absolute atomic E-state index is 10.0. The van der Waals surface area contributed by atoms with Crippen molar-refractivity contribution in [2.75, 3.05) is 6.54 Å². The molecular weight excluding hydrogens is 238 g/mol. The van der Waals surface area contributed by atoms with Gasteiger partial charge in [0.25, 0.3) is 0 Å². The molecule has 5 heteroatoms. The molecular formula is C12H16ClN3O. The summed E-state index contributed by atoms with van der Waals surface area (Å²) in [5, 5.41) is 10.7. The van der Waals surface area contributed by atoms with Crippen LogP contribution in [0.4, 0.5) is 0 Å². The molecule has 1 aromatic carbocycles. The van der Waals surface area contributed by atoms with Crippen LogP contribution in [0.15, 0.2) is 18.2 Å². The Labute approximate surface area is 105 Å². The number of nitrogens with two attached hydrogens (primary N) is 1. The predicted molar refractivity (Wildman–Crippen MR) is 69.0 cm³/mol. The molecule has 4 nitrogen and oxygen atoms in total.